The lowest BCUT2D eigenvalue weighted by Gasteiger charge is -2.30. The average molecular weight is 294 g/mol. The molecule has 1 fully saturated rings. The van der Waals surface area contributed by atoms with Crippen molar-refractivity contribution in [1.29, 1.82) is 0 Å². The zero-order chi connectivity index (χ0) is 15.6. The van der Waals surface area contributed by atoms with Crippen molar-refractivity contribution >= 4 is 23.5 Å². The van der Waals surface area contributed by atoms with Gasteiger partial charge in [-0.15, -0.1) is 0 Å². The molecule has 0 spiro atoms. The minimum absolute atomic E-state index is 0.00445. The van der Waals surface area contributed by atoms with Crippen LogP contribution in [0.3, 0.4) is 0 Å². The van der Waals surface area contributed by atoms with Crippen LogP contribution in [0.1, 0.15) is 19.8 Å². The molecule has 1 aliphatic heterocycles. The third-order valence-corrected chi connectivity index (χ3v) is 3.24. The Morgan fingerprint density at radius 2 is 2.05 bits per heavy atom. The summed E-state index contributed by atoms with van der Waals surface area (Å²) in [4.78, 5) is 36.6. The van der Waals surface area contributed by atoms with Gasteiger partial charge in [0, 0.05) is 6.07 Å². The molecule has 7 heteroatoms. The standard InChI is InChI=1S/C14H15FN2O4/c1-3-4-9-12(18)16-14(20)17(13(9)19)8-5-6-11(21-2)10(15)7-8/h5-7,9H,3-4H2,1-2H3,(H,16,18,20). The maximum Gasteiger partial charge on any atom is 0.335 e. The van der Waals surface area contributed by atoms with Crippen LogP contribution in [0.4, 0.5) is 14.9 Å². The van der Waals surface area contributed by atoms with E-state index in [0.717, 1.165) is 11.0 Å². The first kappa shape index (κ1) is 15.0. The third kappa shape index (κ3) is 2.72. The van der Waals surface area contributed by atoms with E-state index in [-0.39, 0.29) is 11.4 Å². The highest BCUT2D eigenvalue weighted by Crippen LogP contribution is 2.27. The number of carbonyl (C=O) groups excluding carboxylic acids is 3. The van der Waals surface area contributed by atoms with Crippen molar-refractivity contribution in [2.75, 3.05) is 12.0 Å². The van der Waals surface area contributed by atoms with Gasteiger partial charge in [0.1, 0.15) is 5.92 Å². The molecule has 1 heterocycles. The van der Waals surface area contributed by atoms with Crippen LogP contribution in [0.2, 0.25) is 0 Å². The zero-order valence-electron chi connectivity index (χ0n) is 11.7. The molecule has 1 saturated heterocycles. The van der Waals surface area contributed by atoms with Crippen molar-refractivity contribution in [3.8, 4) is 5.75 Å². The predicted molar refractivity (Wildman–Crippen MR) is 72.4 cm³/mol. The molecule has 21 heavy (non-hydrogen) atoms. The molecule has 4 amide bonds. The topological polar surface area (TPSA) is 75.7 Å². The van der Waals surface area contributed by atoms with Crippen LogP contribution < -0.4 is 15.0 Å². The molecule has 1 N–H and O–H groups in total. The maximum absolute atomic E-state index is 13.7. The number of rotatable bonds is 4. The number of anilines is 1. The number of imide groups is 2. The van der Waals surface area contributed by atoms with Gasteiger partial charge in [-0.2, -0.15) is 0 Å². The van der Waals surface area contributed by atoms with Crippen LogP contribution >= 0.6 is 0 Å². The maximum atomic E-state index is 13.7. The summed E-state index contributed by atoms with van der Waals surface area (Å²) in [7, 11) is 1.31. The molecule has 1 atom stereocenters. The number of barbiturate groups is 1. The van der Waals surface area contributed by atoms with Crippen LogP contribution in [0.5, 0.6) is 5.75 Å². The number of carbonyl (C=O) groups is 3. The van der Waals surface area contributed by atoms with E-state index < -0.39 is 29.6 Å². The van der Waals surface area contributed by atoms with Gasteiger partial charge < -0.3 is 4.74 Å². The zero-order valence-corrected chi connectivity index (χ0v) is 11.7. The molecule has 6 nitrogen and oxygen atoms in total. The molecule has 1 aliphatic rings. The van der Waals surface area contributed by atoms with Crippen LogP contribution in [0.15, 0.2) is 18.2 Å². The molecule has 0 saturated carbocycles. The Bertz CT molecular complexity index is 603. The number of nitrogens with one attached hydrogen (secondary N) is 1. The monoisotopic (exact) mass is 294 g/mol. The number of amides is 4. The van der Waals surface area contributed by atoms with Crippen molar-refractivity contribution < 1.29 is 23.5 Å². The quantitative estimate of drug-likeness (QED) is 0.860. The Morgan fingerprint density at radius 3 is 2.62 bits per heavy atom. The summed E-state index contributed by atoms with van der Waals surface area (Å²) in [6.07, 6.45) is 0.940. The van der Waals surface area contributed by atoms with Crippen molar-refractivity contribution in [3.63, 3.8) is 0 Å². The lowest BCUT2D eigenvalue weighted by molar-refractivity contribution is -0.134. The number of hydrogen-bond acceptors (Lipinski definition) is 4. The fourth-order valence-electron chi connectivity index (χ4n) is 2.20. The number of halogens is 1. The lowest BCUT2D eigenvalue weighted by Crippen LogP contribution is -2.58. The molecule has 0 radical (unpaired) electrons. The van der Waals surface area contributed by atoms with E-state index in [2.05, 4.69) is 5.32 Å². The average Bonchev–Trinajstić information content (AvgIpc) is 2.43. The minimum atomic E-state index is -0.933. The van der Waals surface area contributed by atoms with Gasteiger partial charge in [0.15, 0.2) is 11.6 Å². The Labute approximate surface area is 120 Å². The van der Waals surface area contributed by atoms with Crippen LogP contribution in [-0.2, 0) is 9.59 Å². The highest BCUT2D eigenvalue weighted by atomic mass is 19.1. The fourth-order valence-corrected chi connectivity index (χ4v) is 2.20. The van der Waals surface area contributed by atoms with Gasteiger partial charge in [-0.25, -0.2) is 14.1 Å². The first-order valence-corrected chi connectivity index (χ1v) is 6.52. The molecule has 1 aromatic rings. The van der Waals surface area contributed by atoms with E-state index in [4.69, 9.17) is 4.74 Å². The summed E-state index contributed by atoms with van der Waals surface area (Å²) in [6.45, 7) is 1.83. The molecule has 0 bridgehead atoms. The van der Waals surface area contributed by atoms with Gasteiger partial charge in [0.25, 0.3) is 0 Å². The second kappa shape index (κ2) is 5.90. The summed E-state index contributed by atoms with van der Waals surface area (Å²) < 4.78 is 18.5. The van der Waals surface area contributed by atoms with E-state index >= 15 is 0 Å². The van der Waals surface area contributed by atoms with Gasteiger partial charge >= 0.3 is 6.03 Å². The summed E-state index contributed by atoms with van der Waals surface area (Å²) in [6, 6.07) is 2.85. The number of nitrogens with zero attached hydrogens (tertiary/aromatic N) is 1. The molecule has 0 aromatic heterocycles. The Morgan fingerprint density at radius 1 is 1.33 bits per heavy atom. The minimum Gasteiger partial charge on any atom is -0.494 e. The van der Waals surface area contributed by atoms with Crippen molar-refractivity contribution in [1.82, 2.24) is 5.32 Å². The van der Waals surface area contributed by atoms with E-state index in [1.165, 1.54) is 19.2 Å². The van der Waals surface area contributed by atoms with E-state index in [0.29, 0.717) is 12.8 Å². The summed E-state index contributed by atoms with van der Waals surface area (Å²) in [5.41, 5.74) is 0.0596. The van der Waals surface area contributed by atoms with E-state index in [9.17, 15) is 18.8 Å². The van der Waals surface area contributed by atoms with Gasteiger partial charge in [-0.1, -0.05) is 13.3 Å². The molecule has 2 rings (SSSR count). The number of urea groups is 1. The second-order valence-corrected chi connectivity index (χ2v) is 4.63. The molecular formula is C14H15FN2O4. The van der Waals surface area contributed by atoms with E-state index in [1.807, 2.05) is 6.92 Å². The first-order chi connectivity index (χ1) is 9.99. The summed E-state index contributed by atoms with van der Waals surface area (Å²) in [5, 5.41) is 2.11. The van der Waals surface area contributed by atoms with Crippen LogP contribution in [0, 0.1) is 11.7 Å². The number of hydrogen-bond donors (Lipinski definition) is 1. The smallest absolute Gasteiger partial charge is 0.335 e. The van der Waals surface area contributed by atoms with Crippen LogP contribution in [-0.4, -0.2) is 25.0 Å². The van der Waals surface area contributed by atoms with Crippen molar-refractivity contribution in [3.05, 3.63) is 24.0 Å². The highest BCUT2D eigenvalue weighted by molar-refractivity contribution is 6.27. The number of ether oxygens (including phenoxy) is 1. The summed E-state index contributed by atoms with van der Waals surface area (Å²) in [5.74, 6) is -2.88. The molecule has 1 unspecified atom stereocenters. The Balaban J connectivity index is 2.37. The third-order valence-electron chi connectivity index (χ3n) is 3.24. The van der Waals surface area contributed by atoms with Crippen molar-refractivity contribution in [2.24, 2.45) is 5.92 Å². The highest BCUT2D eigenvalue weighted by Gasteiger charge is 2.40. The molecule has 112 valence electrons. The molecular weight excluding hydrogens is 279 g/mol. The first-order valence-electron chi connectivity index (χ1n) is 6.52. The Hall–Kier alpha value is -2.44. The summed E-state index contributed by atoms with van der Waals surface area (Å²) >= 11 is 0. The van der Waals surface area contributed by atoms with Gasteiger partial charge in [0.05, 0.1) is 12.8 Å². The Kier molecular flexibility index (Phi) is 4.21. The second-order valence-electron chi connectivity index (χ2n) is 4.63. The van der Waals surface area contributed by atoms with E-state index in [1.54, 1.807) is 0 Å². The normalized spacial score (nSPS) is 18.7. The largest absolute Gasteiger partial charge is 0.494 e. The van der Waals surface area contributed by atoms with Crippen molar-refractivity contribution in [2.45, 2.75) is 19.8 Å². The van der Waals surface area contributed by atoms with Gasteiger partial charge in [0.2, 0.25) is 11.8 Å². The molecule has 0 aliphatic carbocycles. The molecule has 1 aromatic carbocycles. The number of benzene rings is 1. The van der Waals surface area contributed by atoms with Crippen LogP contribution in [0.25, 0.3) is 0 Å². The predicted octanol–water partition coefficient (Wildman–Crippen LogP) is 1.83. The number of methoxy groups -OCH3 is 1. The van der Waals surface area contributed by atoms with Gasteiger partial charge in [-0.3, -0.25) is 14.9 Å². The SMILES string of the molecule is CCCC1C(=O)NC(=O)N(c2ccc(OC)c(F)c2)C1=O. The lowest BCUT2D eigenvalue weighted by atomic mass is 9.99. The van der Waals surface area contributed by atoms with Gasteiger partial charge in [-0.05, 0) is 18.6 Å². The fraction of sp³-hybridized carbons (Fsp3) is 0.357.